The van der Waals surface area contributed by atoms with E-state index in [9.17, 15) is 14.4 Å². The van der Waals surface area contributed by atoms with Gasteiger partial charge in [-0.25, -0.2) is 4.79 Å². The molecule has 1 fully saturated rings. The predicted octanol–water partition coefficient (Wildman–Crippen LogP) is 3.79. The molecule has 0 saturated heterocycles. The number of carbonyl (C=O) groups is 3. The van der Waals surface area contributed by atoms with Gasteiger partial charge < -0.3 is 10.1 Å². The molecule has 1 aliphatic carbocycles. The summed E-state index contributed by atoms with van der Waals surface area (Å²) in [5, 5.41) is 5.90. The van der Waals surface area contributed by atoms with Crippen LogP contribution in [0.25, 0.3) is 0 Å². The van der Waals surface area contributed by atoms with Gasteiger partial charge in [-0.1, -0.05) is 42.5 Å². The van der Waals surface area contributed by atoms with Gasteiger partial charge in [0.25, 0.3) is 5.91 Å². The van der Waals surface area contributed by atoms with Crippen molar-refractivity contribution in [1.82, 2.24) is 10.6 Å². The highest BCUT2D eigenvalue weighted by Crippen LogP contribution is 2.29. The summed E-state index contributed by atoms with van der Waals surface area (Å²) in [5.74, 6) is -1.28. The van der Waals surface area contributed by atoms with Crippen LogP contribution in [0.4, 0.5) is 4.79 Å². The van der Waals surface area contributed by atoms with Crippen molar-refractivity contribution in [3.63, 3.8) is 0 Å². The van der Waals surface area contributed by atoms with E-state index in [4.69, 9.17) is 27.9 Å². The van der Waals surface area contributed by atoms with E-state index in [1.807, 2.05) is 0 Å². The number of imide groups is 1. The number of hydrogen-bond acceptors (Lipinski definition) is 5. The summed E-state index contributed by atoms with van der Waals surface area (Å²) >= 11 is 13.0. The number of halogens is 2. The van der Waals surface area contributed by atoms with Crippen molar-refractivity contribution in [2.75, 3.05) is 12.4 Å². The molecule has 0 spiro atoms. The number of carbonyl (C=O) groups excluding carboxylic acids is 3. The molecule has 1 aliphatic rings. The zero-order valence-electron chi connectivity index (χ0n) is 14.1. The van der Waals surface area contributed by atoms with Crippen LogP contribution in [-0.2, 0) is 14.3 Å². The Morgan fingerprint density at radius 1 is 1.15 bits per heavy atom. The molecule has 6 nitrogen and oxygen atoms in total. The van der Waals surface area contributed by atoms with Crippen LogP contribution in [0.1, 0.15) is 32.1 Å². The molecule has 3 amide bonds. The molecular formula is C17H20Cl2N2O4S. The molecule has 142 valence electrons. The lowest BCUT2D eigenvalue weighted by Crippen LogP contribution is -2.46. The fraction of sp³-hybridized carbons (Fsp3) is 0.471. The number of rotatable bonds is 6. The first-order valence-electron chi connectivity index (χ1n) is 8.28. The number of ether oxygens (including phenoxy) is 1. The number of thioether (sulfide) groups is 1. The first kappa shape index (κ1) is 20.9. The van der Waals surface area contributed by atoms with E-state index < -0.39 is 24.5 Å². The van der Waals surface area contributed by atoms with E-state index in [1.54, 1.807) is 18.2 Å². The Morgan fingerprint density at radius 3 is 2.62 bits per heavy atom. The summed E-state index contributed by atoms with van der Waals surface area (Å²) < 4.78 is 4.86. The lowest BCUT2D eigenvalue weighted by Gasteiger charge is -2.22. The Bertz CT molecular complexity index is 666. The summed E-state index contributed by atoms with van der Waals surface area (Å²) in [5.41, 5.74) is 0. The summed E-state index contributed by atoms with van der Waals surface area (Å²) in [7, 11) is 0. The number of hydrogen-bond donors (Lipinski definition) is 2. The van der Waals surface area contributed by atoms with E-state index in [-0.39, 0.29) is 11.8 Å². The van der Waals surface area contributed by atoms with E-state index in [2.05, 4.69) is 10.6 Å². The minimum atomic E-state index is -0.669. The van der Waals surface area contributed by atoms with Crippen molar-refractivity contribution >= 4 is 52.9 Å². The number of amides is 3. The smallest absolute Gasteiger partial charge is 0.321 e. The molecule has 2 rings (SSSR count). The minimum absolute atomic E-state index is 0.0262. The minimum Gasteiger partial charge on any atom is -0.455 e. The number of nitrogens with one attached hydrogen (secondary N) is 2. The van der Waals surface area contributed by atoms with Crippen LogP contribution in [0.15, 0.2) is 23.1 Å². The maximum atomic E-state index is 11.7. The second-order valence-electron chi connectivity index (χ2n) is 5.88. The molecule has 0 aliphatic heterocycles. The lowest BCUT2D eigenvalue weighted by molar-refractivity contribution is -0.145. The van der Waals surface area contributed by atoms with Gasteiger partial charge in [-0.05, 0) is 31.0 Å². The van der Waals surface area contributed by atoms with Crippen molar-refractivity contribution in [2.45, 2.75) is 43.0 Å². The van der Waals surface area contributed by atoms with Crippen molar-refractivity contribution in [3.8, 4) is 0 Å². The molecule has 0 heterocycles. The first-order valence-corrected chi connectivity index (χ1v) is 10.0. The SMILES string of the molecule is O=C(COC(=O)CSc1cc(Cl)ccc1Cl)NC(=O)NC1CCCCC1. The molecule has 1 saturated carbocycles. The Morgan fingerprint density at radius 2 is 1.88 bits per heavy atom. The lowest BCUT2D eigenvalue weighted by atomic mass is 9.96. The molecule has 0 aromatic heterocycles. The van der Waals surface area contributed by atoms with Crippen LogP contribution >= 0.6 is 35.0 Å². The maximum absolute atomic E-state index is 11.7. The fourth-order valence-electron chi connectivity index (χ4n) is 2.54. The Hall–Kier alpha value is -1.44. The molecule has 1 aromatic carbocycles. The standard InChI is InChI=1S/C17H20Cl2N2O4S/c18-11-6-7-13(19)14(8-11)26-10-16(23)25-9-15(22)21-17(24)20-12-4-2-1-3-5-12/h6-8,12H,1-5,9-10H2,(H2,20,21,22,24). The van der Waals surface area contributed by atoms with Crippen molar-refractivity contribution in [1.29, 1.82) is 0 Å². The molecule has 26 heavy (non-hydrogen) atoms. The van der Waals surface area contributed by atoms with Crippen LogP contribution < -0.4 is 10.6 Å². The van der Waals surface area contributed by atoms with Gasteiger partial charge in [0.05, 0.1) is 10.8 Å². The quantitative estimate of drug-likeness (QED) is 0.542. The van der Waals surface area contributed by atoms with Gasteiger partial charge in [-0.2, -0.15) is 0 Å². The fourth-order valence-corrected chi connectivity index (χ4v) is 3.83. The van der Waals surface area contributed by atoms with Gasteiger partial charge in [0.15, 0.2) is 6.61 Å². The Balaban J connectivity index is 1.65. The average molecular weight is 419 g/mol. The van der Waals surface area contributed by atoms with E-state index in [0.717, 1.165) is 37.4 Å². The molecule has 2 N–H and O–H groups in total. The van der Waals surface area contributed by atoms with Gasteiger partial charge >= 0.3 is 12.0 Å². The van der Waals surface area contributed by atoms with Gasteiger partial charge in [-0.3, -0.25) is 14.9 Å². The highest BCUT2D eigenvalue weighted by molar-refractivity contribution is 8.00. The largest absolute Gasteiger partial charge is 0.455 e. The predicted molar refractivity (Wildman–Crippen MR) is 102 cm³/mol. The third-order valence-corrected chi connectivity index (χ3v) is 5.50. The van der Waals surface area contributed by atoms with Crippen molar-refractivity contribution < 1.29 is 19.1 Å². The van der Waals surface area contributed by atoms with Crippen LogP contribution in [0.2, 0.25) is 10.0 Å². The summed E-state index contributed by atoms with van der Waals surface area (Å²) in [4.78, 5) is 35.8. The average Bonchev–Trinajstić information content (AvgIpc) is 2.61. The van der Waals surface area contributed by atoms with Crippen LogP contribution in [0.3, 0.4) is 0 Å². The van der Waals surface area contributed by atoms with E-state index >= 15 is 0 Å². The summed E-state index contributed by atoms with van der Waals surface area (Å²) in [6.45, 7) is -0.513. The highest BCUT2D eigenvalue weighted by Gasteiger charge is 2.17. The van der Waals surface area contributed by atoms with Crippen LogP contribution in [0, 0.1) is 0 Å². The van der Waals surface area contributed by atoms with Crippen LogP contribution in [0.5, 0.6) is 0 Å². The molecule has 0 radical (unpaired) electrons. The van der Waals surface area contributed by atoms with Gasteiger partial charge in [0.1, 0.15) is 0 Å². The third kappa shape index (κ3) is 7.43. The maximum Gasteiger partial charge on any atom is 0.321 e. The summed E-state index contributed by atoms with van der Waals surface area (Å²) in [6, 6.07) is 4.46. The zero-order chi connectivity index (χ0) is 18.9. The topological polar surface area (TPSA) is 84.5 Å². The van der Waals surface area contributed by atoms with Gasteiger partial charge in [0, 0.05) is 16.0 Å². The molecule has 9 heteroatoms. The Labute approximate surface area is 166 Å². The molecule has 1 aromatic rings. The van der Waals surface area contributed by atoms with E-state index in [0.29, 0.717) is 14.9 Å². The normalized spacial score (nSPS) is 14.5. The first-order chi connectivity index (χ1) is 12.4. The second kappa shape index (κ2) is 10.6. The van der Waals surface area contributed by atoms with Crippen molar-refractivity contribution in [2.24, 2.45) is 0 Å². The number of urea groups is 1. The Kier molecular flexibility index (Phi) is 8.54. The molecule has 0 atom stereocenters. The summed E-state index contributed by atoms with van der Waals surface area (Å²) in [6.07, 6.45) is 5.16. The highest BCUT2D eigenvalue weighted by atomic mass is 35.5. The molecule has 0 bridgehead atoms. The molecular weight excluding hydrogens is 399 g/mol. The monoisotopic (exact) mass is 418 g/mol. The van der Waals surface area contributed by atoms with Crippen LogP contribution in [-0.4, -0.2) is 36.3 Å². The second-order valence-corrected chi connectivity index (χ2v) is 7.74. The number of benzene rings is 1. The van der Waals surface area contributed by atoms with Crippen molar-refractivity contribution in [3.05, 3.63) is 28.2 Å². The number of esters is 1. The molecule has 0 unspecified atom stereocenters. The zero-order valence-corrected chi connectivity index (χ0v) is 16.4. The van der Waals surface area contributed by atoms with Gasteiger partial charge in [0.2, 0.25) is 0 Å². The third-order valence-electron chi connectivity index (χ3n) is 3.80. The van der Waals surface area contributed by atoms with Gasteiger partial charge in [-0.15, -0.1) is 11.8 Å². The van der Waals surface area contributed by atoms with E-state index in [1.165, 1.54) is 6.42 Å².